The molecule has 0 aromatic carbocycles. The van der Waals surface area contributed by atoms with Crippen molar-refractivity contribution in [3.8, 4) is 0 Å². The van der Waals surface area contributed by atoms with Gasteiger partial charge >= 0.3 is 6.01 Å². The molecule has 1 aromatic heterocycles. The van der Waals surface area contributed by atoms with Crippen LogP contribution < -0.4 is 5.32 Å². The number of hydrogen-bond acceptors (Lipinski definition) is 5. The first kappa shape index (κ1) is 13.1. The van der Waals surface area contributed by atoms with E-state index < -0.39 is 0 Å². The lowest BCUT2D eigenvalue weighted by molar-refractivity contribution is -0.130. The zero-order valence-electron chi connectivity index (χ0n) is 12.5. The molecule has 1 aliphatic heterocycles. The fraction of sp³-hybridized carbons (Fsp3) is 0.800. The number of hydrogen-bond donors (Lipinski definition) is 1. The third-order valence-electron chi connectivity index (χ3n) is 5.39. The summed E-state index contributed by atoms with van der Waals surface area (Å²) in [5.74, 6) is 1.89. The summed E-state index contributed by atoms with van der Waals surface area (Å²) < 4.78 is 5.55. The molecular formula is C15H22N4O2. The van der Waals surface area contributed by atoms with E-state index >= 15 is 0 Å². The molecule has 4 rings (SSSR count). The predicted molar refractivity (Wildman–Crippen MR) is 76.8 cm³/mol. The highest BCUT2D eigenvalue weighted by Crippen LogP contribution is 2.53. The summed E-state index contributed by atoms with van der Waals surface area (Å²) in [5.41, 5.74) is 0.604. The summed E-state index contributed by atoms with van der Waals surface area (Å²) >= 11 is 0. The van der Waals surface area contributed by atoms with E-state index in [9.17, 15) is 4.79 Å². The molecule has 1 aromatic rings. The molecule has 21 heavy (non-hydrogen) atoms. The van der Waals surface area contributed by atoms with Crippen molar-refractivity contribution in [2.24, 2.45) is 11.3 Å². The fourth-order valence-corrected chi connectivity index (χ4v) is 3.29. The Labute approximate surface area is 124 Å². The second-order valence-electron chi connectivity index (χ2n) is 7.00. The number of aromatic nitrogens is 2. The zero-order valence-corrected chi connectivity index (χ0v) is 12.5. The van der Waals surface area contributed by atoms with E-state index in [2.05, 4.69) is 22.4 Å². The highest BCUT2D eigenvalue weighted by Gasteiger charge is 2.45. The minimum absolute atomic E-state index is 0.130. The van der Waals surface area contributed by atoms with Crippen LogP contribution in [0.5, 0.6) is 0 Å². The van der Waals surface area contributed by atoms with Crippen molar-refractivity contribution in [1.29, 1.82) is 0 Å². The molecule has 6 nitrogen and oxygen atoms in total. The third-order valence-corrected chi connectivity index (χ3v) is 5.39. The molecule has 1 unspecified atom stereocenters. The van der Waals surface area contributed by atoms with Crippen LogP contribution in [-0.4, -0.2) is 40.6 Å². The van der Waals surface area contributed by atoms with Crippen LogP contribution in [0.2, 0.25) is 0 Å². The zero-order chi connectivity index (χ0) is 14.4. The molecule has 0 radical (unpaired) electrons. The summed E-state index contributed by atoms with van der Waals surface area (Å²) in [5, 5.41) is 11.0. The van der Waals surface area contributed by atoms with Crippen molar-refractivity contribution in [1.82, 2.24) is 15.1 Å². The molecule has 3 aliphatic rings. The number of nitrogens with one attached hydrogen (secondary N) is 1. The van der Waals surface area contributed by atoms with Crippen LogP contribution in [0.3, 0.4) is 0 Å². The third kappa shape index (κ3) is 2.63. The van der Waals surface area contributed by atoms with Gasteiger partial charge in [0.1, 0.15) is 0 Å². The number of carbonyl (C=O) groups is 1. The number of piperidine rings is 1. The molecule has 2 heterocycles. The van der Waals surface area contributed by atoms with Crippen LogP contribution in [-0.2, 0) is 4.79 Å². The maximum absolute atomic E-state index is 12.2. The summed E-state index contributed by atoms with van der Waals surface area (Å²) in [4.78, 5) is 14.1. The van der Waals surface area contributed by atoms with Crippen molar-refractivity contribution in [3.63, 3.8) is 0 Å². The number of amides is 1. The van der Waals surface area contributed by atoms with E-state index in [0.29, 0.717) is 29.2 Å². The van der Waals surface area contributed by atoms with Crippen LogP contribution in [0.25, 0.3) is 0 Å². The predicted octanol–water partition coefficient (Wildman–Crippen LogP) is 2.01. The quantitative estimate of drug-likeness (QED) is 0.918. The Morgan fingerprint density at radius 3 is 2.67 bits per heavy atom. The van der Waals surface area contributed by atoms with Gasteiger partial charge < -0.3 is 14.6 Å². The Balaban J connectivity index is 1.26. The maximum atomic E-state index is 12.2. The van der Waals surface area contributed by atoms with Gasteiger partial charge in [0.2, 0.25) is 11.8 Å². The Kier molecular flexibility index (Phi) is 2.94. The molecule has 1 spiro atoms. The lowest BCUT2D eigenvalue weighted by Gasteiger charge is -2.32. The molecule has 2 atom stereocenters. The van der Waals surface area contributed by atoms with E-state index in [1.807, 2.05) is 4.90 Å². The molecule has 114 valence electrons. The Morgan fingerprint density at radius 2 is 2.05 bits per heavy atom. The summed E-state index contributed by atoms with van der Waals surface area (Å²) in [6.45, 7) is 4.22. The summed E-state index contributed by atoms with van der Waals surface area (Å²) in [7, 11) is 0. The number of likely N-dealkylation sites (tertiary alicyclic amines) is 1. The molecular weight excluding hydrogens is 268 g/mol. The smallest absolute Gasteiger partial charge is 0.315 e. The Morgan fingerprint density at radius 1 is 1.33 bits per heavy atom. The van der Waals surface area contributed by atoms with Gasteiger partial charge in [-0.05, 0) is 43.4 Å². The Hall–Kier alpha value is -1.59. The van der Waals surface area contributed by atoms with Crippen LogP contribution in [0.1, 0.15) is 50.8 Å². The Bertz CT molecular complexity index is 542. The summed E-state index contributed by atoms with van der Waals surface area (Å²) in [6, 6.07) is 0.369. The highest BCUT2D eigenvalue weighted by molar-refractivity contribution is 5.80. The average Bonchev–Trinajstić information content (AvgIpc) is 3.37. The van der Waals surface area contributed by atoms with Gasteiger partial charge in [-0.1, -0.05) is 12.0 Å². The normalized spacial score (nSPS) is 29.5. The molecule has 6 heteroatoms. The molecule has 0 bridgehead atoms. The number of rotatable bonds is 4. The van der Waals surface area contributed by atoms with E-state index in [1.165, 1.54) is 25.7 Å². The van der Waals surface area contributed by atoms with E-state index in [1.54, 1.807) is 0 Å². The van der Waals surface area contributed by atoms with E-state index in [0.717, 1.165) is 19.5 Å². The van der Waals surface area contributed by atoms with Crippen LogP contribution in [0, 0.1) is 11.3 Å². The van der Waals surface area contributed by atoms with Crippen LogP contribution in [0.4, 0.5) is 6.01 Å². The molecule has 2 saturated carbocycles. The van der Waals surface area contributed by atoms with Crippen LogP contribution in [0.15, 0.2) is 4.42 Å². The second-order valence-corrected chi connectivity index (χ2v) is 7.00. The maximum Gasteiger partial charge on any atom is 0.315 e. The highest BCUT2D eigenvalue weighted by atomic mass is 16.4. The van der Waals surface area contributed by atoms with Crippen molar-refractivity contribution < 1.29 is 9.21 Å². The largest absolute Gasteiger partial charge is 0.408 e. The van der Waals surface area contributed by atoms with E-state index in [-0.39, 0.29) is 12.5 Å². The topological polar surface area (TPSA) is 71.3 Å². The minimum Gasteiger partial charge on any atom is -0.408 e. The molecule has 1 N–H and O–H groups in total. The second kappa shape index (κ2) is 4.71. The molecule has 1 amide bonds. The van der Waals surface area contributed by atoms with Crippen molar-refractivity contribution in [3.05, 3.63) is 5.89 Å². The van der Waals surface area contributed by atoms with Gasteiger partial charge in [0, 0.05) is 19.0 Å². The summed E-state index contributed by atoms with van der Waals surface area (Å²) in [6.07, 6.45) is 6.18. The first-order valence-electron chi connectivity index (χ1n) is 8.00. The van der Waals surface area contributed by atoms with E-state index in [4.69, 9.17) is 4.42 Å². The van der Waals surface area contributed by atoms with Crippen molar-refractivity contribution in [2.45, 2.75) is 44.9 Å². The lowest BCUT2D eigenvalue weighted by atomic mass is 9.94. The first-order valence-corrected chi connectivity index (χ1v) is 8.00. The fourth-order valence-electron chi connectivity index (χ4n) is 3.29. The van der Waals surface area contributed by atoms with Crippen molar-refractivity contribution >= 4 is 11.9 Å². The average molecular weight is 290 g/mol. The van der Waals surface area contributed by atoms with Gasteiger partial charge in [0.25, 0.3) is 0 Å². The number of anilines is 1. The van der Waals surface area contributed by atoms with Gasteiger partial charge in [-0.15, -0.1) is 5.10 Å². The molecule has 3 fully saturated rings. The van der Waals surface area contributed by atoms with Gasteiger partial charge in [-0.3, -0.25) is 4.79 Å². The molecule has 2 aliphatic carbocycles. The molecule has 1 saturated heterocycles. The SMILES string of the molecule is CC1C[C@H]1c1nnc(NCC(=O)N2CCC3(CC2)CC3)o1. The first-order chi connectivity index (χ1) is 10.2. The number of nitrogens with zero attached hydrogens (tertiary/aromatic N) is 3. The monoisotopic (exact) mass is 290 g/mol. The van der Waals surface area contributed by atoms with Crippen LogP contribution >= 0.6 is 0 Å². The van der Waals surface area contributed by atoms with Gasteiger partial charge in [0.15, 0.2) is 0 Å². The number of carbonyl (C=O) groups excluding carboxylic acids is 1. The van der Waals surface area contributed by atoms with Gasteiger partial charge in [0.05, 0.1) is 6.54 Å². The van der Waals surface area contributed by atoms with Gasteiger partial charge in [-0.2, -0.15) is 0 Å². The lowest BCUT2D eigenvalue weighted by Crippen LogP contribution is -2.41. The van der Waals surface area contributed by atoms with Crippen molar-refractivity contribution in [2.75, 3.05) is 25.0 Å². The minimum atomic E-state index is 0.130. The standard InChI is InChI=1S/C15H22N4O2/c1-10-8-11(10)13-17-18-14(21-13)16-9-12(20)19-6-4-15(2-3-15)5-7-19/h10-11H,2-9H2,1H3,(H,16,18)/t10?,11-/m1/s1. The van der Waals surface area contributed by atoms with Gasteiger partial charge in [-0.25, -0.2) is 0 Å².